The first-order valence-electron chi connectivity index (χ1n) is 6.31. The molecular weight excluding hydrogens is 338 g/mol. The maximum absolute atomic E-state index is 10.8. The number of nitrogens with zero attached hydrogens (tertiary/aromatic N) is 1. The second-order valence-electron chi connectivity index (χ2n) is 4.54. The summed E-state index contributed by atoms with van der Waals surface area (Å²) < 4.78 is 6.61. The normalized spacial score (nSPS) is 12.0. The van der Waals surface area contributed by atoms with E-state index in [1.165, 1.54) is 18.2 Å². The largest absolute Gasteiger partial charge is 0.488 e. The van der Waals surface area contributed by atoms with Crippen LogP contribution in [0.5, 0.6) is 5.75 Å². The number of halogens is 1. The number of ether oxygens (including phenoxy) is 1. The van der Waals surface area contributed by atoms with Crippen LogP contribution in [0.25, 0.3) is 0 Å². The summed E-state index contributed by atoms with van der Waals surface area (Å²) >= 11 is 3.43. The van der Waals surface area contributed by atoms with E-state index < -0.39 is 11.0 Å². The van der Waals surface area contributed by atoms with E-state index in [1.54, 1.807) is 6.92 Å². The molecule has 0 amide bonds. The van der Waals surface area contributed by atoms with E-state index in [4.69, 9.17) is 4.74 Å². The van der Waals surface area contributed by atoms with Gasteiger partial charge in [0.25, 0.3) is 5.69 Å². The van der Waals surface area contributed by atoms with Crippen LogP contribution < -0.4 is 4.74 Å². The Morgan fingerprint density at radius 1 is 1.33 bits per heavy atom. The number of hydrogen-bond acceptors (Lipinski definition) is 4. The van der Waals surface area contributed by atoms with Gasteiger partial charge in [-0.2, -0.15) is 0 Å². The molecule has 1 N–H and O–H groups in total. The fourth-order valence-electron chi connectivity index (χ4n) is 1.88. The quantitative estimate of drug-likeness (QED) is 0.652. The van der Waals surface area contributed by atoms with E-state index in [-0.39, 0.29) is 5.69 Å². The lowest BCUT2D eigenvalue weighted by Gasteiger charge is -2.14. The standard InChI is InChI=1S/C15H14BrNO4/c1-10(18)13-8-12(17(19)20)6-7-15(13)21-9-11-4-2-3-5-14(11)16/h2-8,10,18H,9H2,1H3/t10-/m1/s1. The molecule has 0 saturated heterocycles. The monoisotopic (exact) mass is 351 g/mol. The zero-order valence-electron chi connectivity index (χ0n) is 11.3. The average molecular weight is 352 g/mol. The second-order valence-corrected chi connectivity index (χ2v) is 5.39. The molecule has 2 aromatic rings. The summed E-state index contributed by atoms with van der Waals surface area (Å²) in [6.45, 7) is 1.85. The van der Waals surface area contributed by atoms with E-state index in [1.807, 2.05) is 24.3 Å². The highest BCUT2D eigenvalue weighted by atomic mass is 79.9. The molecule has 0 aromatic heterocycles. The first kappa shape index (κ1) is 15.5. The van der Waals surface area contributed by atoms with Crippen LogP contribution in [-0.4, -0.2) is 10.0 Å². The Hall–Kier alpha value is -1.92. The molecule has 0 bridgehead atoms. The Kier molecular flexibility index (Phi) is 4.93. The van der Waals surface area contributed by atoms with Crippen molar-refractivity contribution in [3.05, 3.63) is 68.2 Å². The summed E-state index contributed by atoms with van der Waals surface area (Å²) in [4.78, 5) is 10.3. The fourth-order valence-corrected chi connectivity index (χ4v) is 2.28. The molecule has 2 rings (SSSR count). The zero-order valence-corrected chi connectivity index (χ0v) is 12.9. The van der Waals surface area contributed by atoms with Gasteiger partial charge in [-0.05, 0) is 19.1 Å². The highest BCUT2D eigenvalue weighted by molar-refractivity contribution is 9.10. The number of nitro groups is 1. The summed E-state index contributed by atoms with van der Waals surface area (Å²) in [5.41, 5.74) is 1.28. The van der Waals surface area contributed by atoms with Gasteiger partial charge in [-0.1, -0.05) is 34.1 Å². The number of benzene rings is 2. The molecule has 110 valence electrons. The molecule has 0 spiro atoms. The molecule has 6 heteroatoms. The number of hydrogen-bond donors (Lipinski definition) is 1. The highest BCUT2D eigenvalue weighted by Crippen LogP contribution is 2.30. The number of rotatable bonds is 5. The van der Waals surface area contributed by atoms with Crippen LogP contribution >= 0.6 is 15.9 Å². The Balaban J connectivity index is 2.23. The van der Waals surface area contributed by atoms with E-state index in [2.05, 4.69) is 15.9 Å². The third-order valence-corrected chi connectivity index (χ3v) is 3.77. The Morgan fingerprint density at radius 3 is 2.67 bits per heavy atom. The molecule has 0 aliphatic rings. The van der Waals surface area contributed by atoms with E-state index in [9.17, 15) is 15.2 Å². The van der Waals surface area contributed by atoms with Crippen LogP contribution in [0, 0.1) is 10.1 Å². The minimum Gasteiger partial charge on any atom is -0.488 e. The van der Waals surface area contributed by atoms with E-state index in [0.29, 0.717) is 17.9 Å². The van der Waals surface area contributed by atoms with Crippen molar-refractivity contribution in [3.8, 4) is 5.75 Å². The van der Waals surface area contributed by atoms with Gasteiger partial charge in [0.1, 0.15) is 12.4 Å². The maximum Gasteiger partial charge on any atom is 0.270 e. The summed E-state index contributed by atoms with van der Waals surface area (Å²) in [7, 11) is 0. The molecule has 0 unspecified atom stereocenters. The van der Waals surface area contributed by atoms with E-state index in [0.717, 1.165) is 10.0 Å². The van der Waals surface area contributed by atoms with Gasteiger partial charge in [0.05, 0.1) is 11.0 Å². The molecule has 0 saturated carbocycles. The van der Waals surface area contributed by atoms with Crippen LogP contribution in [0.3, 0.4) is 0 Å². The molecule has 0 aliphatic heterocycles. The summed E-state index contributed by atoms with van der Waals surface area (Å²) in [6, 6.07) is 11.8. The lowest BCUT2D eigenvalue weighted by atomic mass is 10.1. The molecule has 2 aromatic carbocycles. The van der Waals surface area contributed by atoms with Crippen LogP contribution in [0.1, 0.15) is 24.2 Å². The van der Waals surface area contributed by atoms with Gasteiger partial charge in [-0.3, -0.25) is 10.1 Å². The van der Waals surface area contributed by atoms with Crippen molar-refractivity contribution in [2.75, 3.05) is 0 Å². The molecule has 21 heavy (non-hydrogen) atoms. The molecule has 0 aliphatic carbocycles. The van der Waals surface area contributed by atoms with Crippen molar-refractivity contribution >= 4 is 21.6 Å². The Morgan fingerprint density at radius 2 is 2.05 bits per heavy atom. The van der Waals surface area contributed by atoms with Gasteiger partial charge >= 0.3 is 0 Å². The van der Waals surface area contributed by atoms with Crippen molar-refractivity contribution in [3.63, 3.8) is 0 Å². The van der Waals surface area contributed by atoms with Crippen molar-refractivity contribution < 1.29 is 14.8 Å². The SMILES string of the molecule is C[C@@H](O)c1cc([N+](=O)[O-])ccc1OCc1ccccc1Br. The fraction of sp³-hybridized carbons (Fsp3) is 0.200. The zero-order chi connectivity index (χ0) is 15.4. The highest BCUT2D eigenvalue weighted by Gasteiger charge is 2.15. The third-order valence-electron chi connectivity index (χ3n) is 3.00. The summed E-state index contributed by atoms with van der Waals surface area (Å²) in [6.07, 6.45) is -0.848. The van der Waals surface area contributed by atoms with Gasteiger partial charge < -0.3 is 9.84 Å². The van der Waals surface area contributed by atoms with Gasteiger partial charge in [-0.25, -0.2) is 0 Å². The first-order chi connectivity index (χ1) is 9.99. The maximum atomic E-state index is 10.8. The van der Waals surface area contributed by atoms with E-state index >= 15 is 0 Å². The van der Waals surface area contributed by atoms with Crippen molar-refractivity contribution in [1.82, 2.24) is 0 Å². The summed E-state index contributed by atoms with van der Waals surface area (Å²) in [5, 5.41) is 20.5. The number of nitro benzene ring substituents is 1. The Bertz CT molecular complexity index is 658. The lowest BCUT2D eigenvalue weighted by Crippen LogP contribution is -2.02. The lowest BCUT2D eigenvalue weighted by molar-refractivity contribution is -0.385. The predicted octanol–water partition coefficient (Wildman–Crippen LogP) is 3.99. The topological polar surface area (TPSA) is 72.6 Å². The molecule has 0 fully saturated rings. The molecular formula is C15H14BrNO4. The minimum absolute atomic E-state index is 0.0702. The summed E-state index contributed by atoms with van der Waals surface area (Å²) in [5.74, 6) is 0.436. The Labute approximate surface area is 130 Å². The van der Waals surface area contributed by atoms with Crippen LogP contribution in [0.2, 0.25) is 0 Å². The van der Waals surface area contributed by atoms with Crippen molar-refractivity contribution in [2.45, 2.75) is 19.6 Å². The van der Waals surface area contributed by atoms with Crippen LogP contribution in [0.4, 0.5) is 5.69 Å². The van der Waals surface area contributed by atoms with Crippen LogP contribution in [0.15, 0.2) is 46.9 Å². The van der Waals surface area contributed by atoms with Crippen LogP contribution in [-0.2, 0) is 6.61 Å². The van der Waals surface area contributed by atoms with Gasteiger partial charge in [0.15, 0.2) is 0 Å². The third kappa shape index (κ3) is 3.80. The molecule has 1 atom stereocenters. The smallest absolute Gasteiger partial charge is 0.270 e. The predicted molar refractivity (Wildman–Crippen MR) is 82.2 cm³/mol. The molecule has 0 heterocycles. The van der Waals surface area contributed by atoms with Gasteiger partial charge in [-0.15, -0.1) is 0 Å². The van der Waals surface area contributed by atoms with Gasteiger partial charge in [0, 0.05) is 27.7 Å². The first-order valence-corrected chi connectivity index (χ1v) is 7.11. The molecule has 0 radical (unpaired) electrons. The van der Waals surface area contributed by atoms with Crippen molar-refractivity contribution in [1.29, 1.82) is 0 Å². The average Bonchev–Trinajstić information content (AvgIpc) is 2.46. The number of aliphatic hydroxyl groups excluding tert-OH is 1. The second kappa shape index (κ2) is 6.69. The number of non-ortho nitro benzene ring substituents is 1. The molecule has 5 nitrogen and oxygen atoms in total. The van der Waals surface area contributed by atoms with Crippen molar-refractivity contribution in [2.24, 2.45) is 0 Å². The number of aliphatic hydroxyl groups is 1. The van der Waals surface area contributed by atoms with Gasteiger partial charge in [0.2, 0.25) is 0 Å². The minimum atomic E-state index is -0.848.